The van der Waals surface area contributed by atoms with Crippen molar-refractivity contribution in [1.82, 2.24) is 24.8 Å². The number of aromatic nitrogens is 5. The quantitative estimate of drug-likeness (QED) is 0.431. The summed E-state index contributed by atoms with van der Waals surface area (Å²) in [4.78, 5) is 18.8. The van der Waals surface area contributed by atoms with E-state index in [-0.39, 0.29) is 17.5 Å². The third kappa shape index (κ3) is 5.21. The number of amides is 1. The Morgan fingerprint density at radius 2 is 1.81 bits per heavy atom. The number of anilines is 2. The zero-order valence-electron chi connectivity index (χ0n) is 19.0. The minimum Gasteiger partial charge on any atom is -0.473 e. The Morgan fingerprint density at radius 3 is 2.50 bits per heavy atom. The van der Waals surface area contributed by atoms with E-state index in [0.29, 0.717) is 54.4 Å². The number of carbonyl (C=O) groups excluding carboxylic acids is 1. The van der Waals surface area contributed by atoms with Crippen LogP contribution in [0, 0.1) is 5.92 Å². The highest BCUT2D eigenvalue weighted by molar-refractivity contribution is 5.92. The highest BCUT2D eigenvalue weighted by atomic mass is 19.4. The molecule has 0 aliphatic carbocycles. The second-order valence-corrected chi connectivity index (χ2v) is 8.39. The van der Waals surface area contributed by atoms with E-state index in [0.717, 1.165) is 5.56 Å². The second kappa shape index (κ2) is 9.80. The van der Waals surface area contributed by atoms with E-state index in [9.17, 15) is 18.0 Å². The van der Waals surface area contributed by atoms with Gasteiger partial charge in [0.25, 0.3) is 5.82 Å². The van der Waals surface area contributed by atoms with Gasteiger partial charge in [0.1, 0.15) is 12.4 Å². The molecule has 12 heteroatoms. The summed E-state index contributed by atoms with van der Waals surface area (Å²) in [5, 5.41) is 13.7. The van der Waals surface area contributed by atoms with Crippen molar-refractivity contribution >= 4 is 23.1 Å². The van der Waals surface area contributed by atoms with Crippen molar-refractivity contribution in [3.8, 4) is 5.88 Å². The highest BCUT2D eigenvalue weighted by Gasteiger charge is 2.38. The molecular formula is C24H22F3N7O2. The van der Waals surface area contributed by atoms with Crippen LogP contribution in [-0.2, 0) is 17.6 Å². The molecule has 1 amide bonds. The number of nitrogens with zero attached hydrogens (tertiary/aromatic N) is 6. The maximum atomic E-state index is 13.1. The standard InChI is InChI=1S/C24H22F3N7O2/c25-24(26,27)23-31-30-19-7-8-20(32-34(19)23)33-12-10-17(11-13-33)22(35)29-18-6-9-21(28-14-18)36-15-16-4-2-1-3-5-16/h1-9,14,17H,10-13,15H2,(H,29,35). The number of carbonyl (C=O) groups is 1. The van der Waals surface area contributed by atoms with Crippen LogP contribution in [0.25, 0.3) is 5.65 Å². The maximum absolute atomic E-state index is 13.1. The number of hydrogen-bond acceptors (Lipinski definition) is 7. The van der Waals surface area contributed by atoms with Gasteiger partial charge in [-0.05, 0) is 36.6 Å². The van der Waals surface area contributed by atoms with Crippen LogP contribution in [-0.4, -0.2) is 43.8 Å². The lowest BCUT2D eigenvalue weighted by Gasteiger charge is -2.32. The zero-order chi connectivity index (χ0) is 25.1. The number of rotatable bonds is 6. The summed E-state index contributed by atoms with van der Waals surface area (Å²) in [7, 11) is 0. The van der Waals surface area contributed by atoms with Gasteiger partial charge in [-0.1, -0.05) is 30.3 Å². The van der Waals surface area contributed by atoms with Gasteiger partial charge in [-0.25, -0.2) is 4.98 Å². The molecule has 0 spiro atoms. The van der Waals surface area contributed by atoms with E-state index < -0.39 is 12.0 Å². The van der Waals surface area contributed by atoms with E-state index in [1.54, 1.807) is 24.4 Å². The van der Waals surface area contributed by atoms with Crippen LogP contribution >= 0.6 is 0 Å². The molecule has 1 fully saturated rings. The molecule has 0 unspecified atom stereocenters. The van der Waals surface area contributed by atoms with Gasteiger partial charge in [0.05, 0.1) is 11.9 Å². The lowest BCUT2D eigenvalue weighted by molar-refractivity contribution is -0.146. The summed E-state index contributed by atoms with van der Waals surface area (Å²) in [5.74, 6) is -0.701. The average Bonchev–Trinajstić information content (AvgIpc) is 3.33. The van der Waals surface area contributed by atoms with Crippen molar-refractivity contribution < 1.29 is 22.7 Å². The first kappa shape index (κ1) is 23.5. The Hall–Kier alpha value is -4.22. The predicted octanol–water partition coefficient (Wildman–Crippen LogP) is 3.97. The topological polar surface area (TPSA) is 97.5 Å². The number of halogens is 3. The number of pyridine rings is 1. The van der Waals surface area contributed by atoms with E-state index in [2.05, 4.69) is 25.6 Å². The molecule has 5 rings (SSSR count). The molecule has 4 heterocycles. The number of fused-ring (bicyclic) bond motifs is 1. The van der Waals surface area contributed by atoms with Gasteiger partial charge in [0, 0.05) is 25.1 Å². The number of nitrogens with one attached hydrogen (secondary N) is 1. The molecule has 3 aromatic heterocycles. The molecule has 0 atom stereocenters. The minimum atomic E-state index is -4.66. The molecule has 0 bridgehead atoms. The summed E-state index contributed by atoms with van der Waals surface area (Å²) in [6.45, 7) is 1.35. The average molecular weight is 497 g/mol. The third-order valence-electron chi connectivity index (χ3n) is 5.93. The van der Waals surface area contributed by atoms with Gasteiger partial charge in [-0.2, -0.15) is 17.7 Å². The van der Waals surface area contributed by atoms with Crippen LogP contribution in [0.15, 0.2) is 60.8 Å². The Morgan fingerprint density at radius 1 is 1.03 bits per heavy atom. The van der Waals surface area contributed by atoms with Crippen molar-refractivity contribution in [3.05, 3.63) is 72.2 Å². The van der Waals surface area contributed by atoms with Crippen LogP contribution in [0.4, 0.5) is 24.7 Å². The van der Waals surface area contributed by atoms with Crippen molar-refractivity contribution in [2.75, 3.05) is 23.3 Å². The predicted molar refractivity (Wildman–Crippen MR) is 124 cm³/mol. The molecule has 1 saturated heterocycles. The first-order chi connectivity index (χ1) is 17.4. The molecular weight excluding hydrogens is 475 g/mol. The van der Waals surface area contributed by atoms with Gasteiger partial charge < -0.3 is 15.0 Å². The molecule has 1 N–H and O–H groups in total. The first-order valence-corrected chi connectivity index (χ1v) is 11.3. The van der Waals surface area contributed by atoms with E-state index >= 15 is 0 Å². The summed E-state index contributed by atoms with van der Waals surface area (Å²) in [5.41, 5.74) is 1.61. The van der Waals surface area contributed by atoms with E-state index in [4.69, 9.17) is 4.74 Å². The van der Waals surface area contributed by atoms with Crippen molar-refractivity contribution in [1.29, 1.82) is 0 Å². The van der Waals surface area contributed by atoms with Crippen LogP contribution in [0.1, 0.15) is 24.2 Å². The molecule has 1 aliphatic heterocycles. The minimum absolute atomic E-state index is 0.0189. The van der Waals surface area contributed by atoms with Crippen LogP contribution in [0.2, 0.25) is 0 Å². The molecule has 1 aromatic carbocycles. The summed E-state index contributed by atoms with van der Waals surface area (Å²) < 4.78 is 45.8. The van der Waals surface area contributed by atoms with Crippen molar-refractivity contribution in [3.63, 3.8) is 0 Å². The molecule has 0 saturated carbocycles. The molecule has 0 radical (unpaired) electrons. The van der Waals surface area contributed by atoms with Crippen LogP contribution in [0.5, 0.6) is 5.88 Å². The normalized spacial score (nSPS) is 14.7. The fourth-order valence-electron chi connectivity index (χ4n) is 4.01. The lowest BCUT2D eigenvalue weighted by Crippen LogP contribution is -2.38. The fourth-order valence-corrected chi connectivity index (χ4v) is 4.01. The largest absolute Gasteiger partial charge is 0.473 e. The SMILES string of the molecule is O=C(Nc1ccc(OCc2ccccc2)nc1)C1CCN(c2ccc3nnc(C(F)(F)F)n3n2)CC1. The Kier molecular flexibility index (Phi) is 6.40. The first-order valence-electron chi connectivity index (χ1n) is 11.3. The van der Waals surface area contributed by atoms with Gasteiger partial charge >= 0.3 is 6.18 Å². The number of piperidine rings is 1. The van der Waals surface area contributed by atoms with Crippen molar-refractivity contribution in [2.24, 2.45) is 5.92 Å². The Labute approximate surface area is 203 Å². The Balaban J connectivity index is 1.15. The number of alkyl halides is 3. The zero-order valence-corrected chi connectivity index (χ0v) is 19.0. The number of hydrogen-bond donors (Lipinski definition) is 1. The third-order valence-corrected chi connectivity index (χ3v) is 5.93. The number of benzene rings is 1. The molecule has 186 valence electrons. The summed E-state index contributed by atoms with van der Waals surface area (Å²) >= 11 is 0. The molecule has 4 aromatic rings. The van der Waals surface area contributed by atoms with Crippen LogP contribution < -0.4 is 15.0 Å². The van der Waals surface area contributed by atoms with Gasteiger partial charge in [0.2, 0.25) is 11.8 Å². The second-order valence-electron chi connectivity index (χ2n) is 8.39. The number of ether oxygens (including phenoxy) is 1. The van der Waals surface area contributed by atoms with Crippen LogP contribution in [0.3, 0.4) is 0 Å². The summed E-state index contributed by atoms with van der Waals surface area (Å²) in [6, 6.07) is 16.2. The highest BCUT2D eigenvalue weighted by Crippen LogP contribution is 2.29. The Bertz CT molecular complexity index is 1340. The monoisotopic (exact) mass is 497 g/mol. The summed E-state index contributed by atoms with van der Waals surface area (Å²) in [6.07, 6.45) is -2.04. The molecule has 36 heavy (non-hydrogen) atoms. The van der Waals surface area contributed by atoms with E-state index in [1.807, 2.05) is 35.2 Å². The molecule has 1 aliphatic rings. The van der Waals surface area contributed by atoms with Gasteiger partial charge in [0.15, 0.2) is 5.65 Å². The molecule has 9 nitrogen and oxygen atoms in total. The van der Waals surface area contributed by atoms with Gasteiger partial charge in [-0.15, -0.1) is 15.3 Å². The maximum Gasteiger partial charge on any atom is 0.453 e. The lowest BCUT2D eigenvalue weighted by atomic mass is 9.96. The van der Waals surface area contributed by atoms with Gasteiger partial charge in [-0.3, -0.25) is 4.79 Å². The smallest absolute Gasteiger partial charge is 0.453 e. The van der Waals surface area contributed by atoms with Crippen molar-refractivity contribution in [2.45, 2.75) is 25.6 Å². The van der Waals surface area contributed by atoms with E-state index in [1.165, 1.54) is 6.07 Å². The fraction of sp³-hybridized carbons (Fsp3) is 0.292.